The van der Waals surface area contributed by atoms with Crippen LogP contribution in [0.1, 0.15) is 254 Å². The van der Waals surface area contributed by atoms with Crippen molar-refractivity contribution in [2.24, 2.45) is 0 Å². The van der Waals surface area contributed by atoms with Crippen molar-refractivity contribution in [1.82, 2.24) is 0 Å². The van der Waals surface area contributed by atoms with E-state index in [1.165, 1.54) is 52.9 Å². The van der Waals surface area contributed by atoms with Crippen molar-refractivity contribution in [3.8, 4) is 17.2 Å². The quantitative estimate of drug-likeness (QED) is 0.150. The molecule has 3 aliphatic rings. The standard InChI is InChI=1S/C42H62O3P.C18H33P.ClH.Pd/c1-37(2,3)28-19-22-34(31(25-28)40(10,11)12)43-46(44-35-23-20-29(38(4,5)6)26-32(35)41(13,14)15)45-36-24-21-30(39(7,8)9)27-33(36)42(16,17)18;1-4-10-16(11-5-1)19(17-12-6-2-7-13-17)18-14-8-3-9-15-18;;/h19-23,25-27H,1-18H3;16-18H,1-15H2;1H;/q;;;+1/p-1. The first-order chi connectivity index (χ1) is 31.0. The van der Waals surface area contributed by atoms with Crippen molar-refractivity contribution in [2.45, 2.75) is 270 Å². The van der Waals surface area contributed by atoms with Gasteiger partial charge in [-0.3, -0.25) is 0 Å². The summed E-state index contributed by atoms with van der Waals surface area (Å²) in [5.41, 5.74) is 10.1. The second-order valence-electron chi connectivity index (χ2n) is 26.6. The molecule has 67 heavy (non-hydrogen) atoms. The molecule has 0 aromatic heterocycles. The Kier molecular flexibility index (Phi) is 19.6. The van der Waals surface area contributed by atoms with Crippen LogP contribution in [0.2, 0.25) is 0 Å². The molecule has 3 aliphatic carbocycles. The van der Waals surface area contributed by atoms with Gasteiger partial charge < -0.3 is 0 Å². The molecule has 0 unspecified atom stereocenters. The molecule has 0 spiro atoms. The summed E-state index contributed by atoms with van der Waals surface area (Å²) in [6.07, 6.45) is 23.6. The Morgan fingerprint density at radius 3 is 1.03 bits per heavy atom. The van der Waals surface area contributed by atoms with Crippen LogP contribution in [0.5, 0.6) is 17.2 Å². The number of halogens is 1. The molecule has 3 saturated carbocycles. The fourth-order valence-corrected chi connectivity index (χ4v) is 17.5. The number of hydrogen-bond donors (Lipinski definition) is 0. The molecular formula is C60H95ClO3P2Pd. The second-order valence-corrected chi connectivity index (χ2v) is 32.5. The Hall–Kier alpha value is -1.13. The molecular weight excluding hydrogens is 972 g/mol. The molecule has 0 saturated heterocycles. The van der Waals surface area contributed by atoms with E-state index in [9.17, 15) is 0 Å². The van der Waals surface area contributed by atoms with Crippen LogP contribution in [-0.2, 0) is 49.4 Å². The zero-order valence-corrected chi connectivity index (χ0v) is 49.9. The van der Waals surface area contributed by atoms with Crippen LogP contribution in [0.15, 0.2) is 48.5 Å². The van der Waals surface area contributed by atoms with E-state index >= 15 is 0 Å². The van der Waals surface area contributed by atoms with E-state index in [2.05, 4.69) is 173 Å². The van der Waals surface area contributed by atoms with Gasteiger partial charge in [-0.2, -0.15) is 0 Å². The number of rotatable bonds is 10. The van der Waals surface area contributed by atoms with E-state index < -0.39 is 8.60 Å². The normalized spacial score (nSPS) is 18.0. The zero-order chi connectivity index (χ0) is 49.8. The first-order valence-corrected chi connectivity index (χ1v) is 31.7. The van der Waals surface area contributed by atoms with E-state index in [0.717, 1.165) is 38.0 Å². The third-order valence-electron chi connectivity index (χ3n) is 14.6. The van der Waals surface area contributed by atoms with Gasteiger partial charge in [0.1, 0.15) is 0 Å². The van der Waals surface area contributed by atoms with Crippen molar-refractivity contribution in [3.05, 3.63) is 81.9 Å². The minimum absolute atomic E-state index is 0.00000143. The second kappa shape index (κ2) is 23.2. The molecule has 0 aliphatic heterocycles. The van der Waals surface area contributed by atoms with E-state index in [4.69, 9.17) is 23.1 Å². The molecule has 3 aromatic rings. The van der Waals surface area contributed by atoms with Gasteiger partial charge >= 0.3 is 309 Å². The Labute approximate surface area is 427 Å². The predicted octanol–water partition coefficient (Wildman–Crippen LogP) is 19.6. The molecule has 0 atom stereocenters. The molecule has 6 rings (SSSR count). The molecule has 0 radical (unpaired) electrons. The third kappa shape index (κ3) is 15.9. The van der Waals surface area contributed by atoms with Gasteiger partial charge in [-0.25, -0.2) is 0 Å². The summed E-state index contributed by atoms with van der Waals surface area (Å²) in [6, 6.07) is 17.6. The number of benzene rings is 3. The summed E-state index contributed by atoms with van der Waals surface area (Å²) in [6.45, 7) is 40.2. The topological polar surface area (TPSA) is 27.7 Å². The van der Waals surface area contributed by atoms with Gasteiger partial charge in [0, 0.05) is 0 Å². The number of hydrogen-bond acceptors (Lipinski definition) is 3. The molecule has 3 fully saturated rings. The molecule has 0 bridgehead atoms. The van der Waals surface area contributed by atoms with Crippen LogP contribution in [0, 0.1) is 0 Å². The van der Waals surface area contributed by atoms with Crippen LogP contribution >= 0.6 is 26.1 Å². The monoisotopic (exact) mass is 1070 g/mol. The summed E-state index contributed by atoms with van der Waals surface area (Å²) in [5.74, 6) is 2.30. The van der Waals surface area contributed by atoms with Crippen LogP contribution in [-0.4, -0.2) is 17.0 Å². The summed E-state index contributed by atoms with van der Waals surface area (Å²) in [5, 5.41) is 0. The van der Waals surface area contributed by atoms with Gasteiger partial charge in [0.2, 0.25) is 0 Å². The van der Waals surface area contributed by atoms with Crippen molar-refractivity contribution >= 4 is 30.1 Å². The molecule has 0 amide bonds. The fraction of sp³-hybridized carbons (Fsp3) is 0.700. The van der Waals surface area contributed by atoms with Gasteiger partial charge in [0.15, 0.2) is 0 Å². The van der Waals surface area contributed by atoms with Crippen molar-refractivity contribution < 1.29 is 30.5 Å². The first-order valence-electron chi connectivity index (χ1n) is 26.3. The summed E-state index contributed by atoms with van der Waals surface area (Å²) < 4.78 is 22.0. The molecule has 0 heterocycles. The SMILES string of the molecule is C1CCC(P(C2CCCCC2)C2CCCCC2)CC1.CC(C)(C)c1ccc(OP(Oc2ccc(C(C)(C)C)cc2C(C)(C)C)Oc2[c]([Pd][Cl])cc(C(C)(C)C)cc2C(C)(C)C)c(C(C)(C)C)c1. The van der Waals surface area contributed by atoms with Gasteiger partial charge in [-0.15, -0.1) is 0 Å². The van der Waals surface area contributed by atoms with Crippen LogP contribution in [0.25, 0.3) is 0 Å². The summed E-state index contributed by atoms with van der Waals surface area (Å²) in [7, 11) is 5.19. The Balaban J connectivity index is 0.000000363. The summed E-state index contributed by atoms with van der Waals surface area (Å²) >= 11 is -0.209. The van der Waals surface area contributed by atoms with E-state index in [1.807, 2.05) is 0 Å². The third-order valence-corrected chi connectivity index (χ3v) is 21.3. The fourth-order valence-electron chi connectivity index (χ4n) is 10.3. The minimum atomic E-state index is -1.97. The van der Waals surface area contributed by atoms with Crippen molar-refractivity contribution in [1.29, 1.82) is 0 Å². The molecule has 3 nitrogen and oxygen atoms in total. The molecule has 0 N–H and O–H groups in total. The van der Waals surface area contributed by atoms with E-state index in [1.54, 1.807) is 77.0 Å². The first kappa shape index (κ1) is 56.8. The van der Waals surface area contributed by atoms with Crippen LogP contribution in [0.3, 0.4) is 0 Å². The Morgan fingerprint density at radius 1 is 0.403 bits per heavy atom. The Morgan fingerprint density at radius 2 is 0.731 bits per heavy atom. The van der Waals surface area contributed by atoms with Crippen LogP contribution in [0.4, 0.5) is 0 Å². The predicted molar refractivity (Wildman–Crippen MR) is 293 cm³/mol. The van der Waals surface area contributed by atoms with Gasteiger partial charge in [-0.1, -0.05) is 65.7 Å². The Bertz CT molecular complexity index is 1920. The zero-order valence-electron chi connectivity index (χ0n) is 45.8. The van der Waals surface area contributed by atoms with E-state index in [0.29, 0.717) is 7.92 Å². The van der Waals surface area contributed by atoms with Crippen molar-refractivity contribution in [2.75, 3.05) is 0 Å². The summed E-state index contributed by atoms with van der Waals surface area (Å²) in [4.78, 5) is 0. The van der Waals surface area contributed by atoms with Gasteiger partial charge in [-0.05, 0) is 55.5 Å². The maximum atomic E-state index is 7.05. The van der Waals surface area contributed by atoms with E-state index in [-0.39, 0.29) is 49.4 Å². The average molecular weight is 1070 g/mol. The average Bonchev–Trinajstić information content (AvgIpc) is 3.23. The van der Waals surface area contributed by atoms with Gasteiger partial charge in [0.25, 0.3) is 0 Å². The molecule has 7 heteroatoms. The molecule has 3 aromatic carbocycles. The maximum absolute atomic E-state index is 7.05. The van der Waals surface area contributed by atoms with Crippen molar-refractivity contribution in [3.63, 3.8) is 0 Å². The molecule has 380 valence electrons. The van der Waals surface area contributed by atoms with Crippen LogP contribution < -0.4 is 17.6 Å². The van der Waals surface area contributed by atoms with Gasteiger partial charge in [0.05, 0.1) is 0 Å².